The highest BCUT2D eigenvalue weighted by Gasteiger charge is 2.45. The van der Waals surface area contributed by atoms with Crippen LogP contribution in [-0.2, 0) is 9.47 Å². The first-order valence-electron chi connectivity index (χ1n) is 18.4. The standard InChI is InChI=1S/C39H44ClF2N7O5S/c1-38(2,3)53-36(50)46-34-25(16-43)28-23(12-13-27(41)32(28)55-34)29-26(40)15-24-31(30(29)42)44-35(52-19-22-9-8-14-47(22)7)45-33(24)48-17-20-10-11-21(18-48)49(20)37(51)54-39(4,5)6/h12-13,15,20-22H,8-11,14,17-19H2,1-7H3,(H,46,50)/t20?,21?,22-/m0/s1. The Kier molecular flexibility index (Phi) is 10.2. The number of nitriles is 1. The summed E-state index contributed by atoms with van der Waals surface area (Å²) in [5, 5.41) is 13.3. The van der Waals surface area contributed by atoms with Crippen molar-refractivity contribution in [2.75, 3.05) is 43.5 Å². The van der Waals surface area contributed by atoms with E-state index in [0.29, 0.717) is 30.9 Å². The van der Waals surface area contributed by atoms with E-state index >= 15 is 8.78 Å². The monoisotopic (exact) mass is 795 g/mol. The van der Waals surface area contributed by atoms with Gasteiger partial charge in [0.1, 0.15) is 46.0 Å². The van der Waals surface area contributed by atoms with Gasteiger partial charge in [-0.1, -0.05) is 17.7 Å². The summed E-state index contributed by atoms with van der Waals surface area (Å²) in [6, 6.07) is 5.98. The third-order valence-electron chi connectivity index (χ3n) is 10.1. The Labute approximate surface area is 327 Å². The van der Waals surface area contributed by atoms with Crippen molar-refractivity contribution in [1.29, 1.82) is 5.26 Å². The van der Waals surface area contributed by atoms with Gasteiger partial charge in [-0.15, -0.1) is 11.3 Å². The Balaban J connectivity index is 1.33. The fraction of sp³-hybridized carbons (Fsp3) is 0.513. The third kappa shape index (κ3) is 7.68. The number of carbonyl (C=O) groups excluding carboxylic acids is 2. The smallest absolute Gasteiger partial charge is 0.412 e. The number of hydrogen-bond donors (Lipinski definition) is 1. The van der Waals surface area contributed by atoms with E-state index in [1.54, 1.807) is 26.8 Å². The Bertz CT molecular complexity index is 2220. The van der Waals surface area contributed by atoms with Gasteiger partial charge in [0.2, 0.25) is 0 Å². The Morgan fingerprint density at radius 2 is 1.75 bits per heavy atom. The highest BCUT2D eigenvalue weighted by molar-refractivity contribution is 7.23. The summed E-state index contributed by atoms with van der Waals surface area (Å²) < 4.78 is 50.1. The Morgan fingerprint density at radius 3 is 2.36 bits per heavy atom. The maximum atomic E-state index is 17.3. The highest BCUT2D eigenvalue weighted by atomic mass is 35.5. The summed E-state index contributed by atoms with van der Waals surface area (Å²) in [5.41, 5.74) is -1.57. The summed E-state index contributed by atoms with van der Waals surface area (Å²) in [6.45, 7) is 12.7. The van der Waals surface area contributed by atoms with Crippen molar-refractivity contribution < 1.29 is 32.6 Å². The minimum absolute atomic E-state index is 0.0155. The zero-order chi connectivity index (χ0) is 39.6. The molecule has 2 bridgehead atoms. The van der Waals surface area contributed by atoms with E-state index < -0.39 is 28.9 Å². The molecular formula is C39H44ClF2N7O5S. The summed E-state index contributed by atoms with van der Waals surface area (Å²) in [4.78, 5) is 41.4. The van der Waals surface area contributed by atoms with Crippen LogP contribution in [0.2, 0.25) is 5.02 Å². The van der Waals surface area contributed by atoms with Gasteiger partial charge in [0.15, 0.2) is 5.82 Å². The molecule has 2 amide bonds. The molecule has 3 aliphatic heterocycles. The fourth-order valence-electron chi connectivity index (χ4n) is 7.73. The number of likely N-dealkylation sites (N-methyl/N-ethyl adjacent to an activating group) is 1. The number of rotatable bonds is 6. The Hall–Kier alpha value is -4.52. The summed E-state index contributed by atoms with van der Waals surface area (Å²) in [5.74, 6) is -1.06. The van der Waals surface area contributed by atoms with E-state index in [2.05, 4.69) is 21.3 Å². The third-order valence-corrected chi connectivity index (χ3v) is 11.5. The van der Waals surface area contributed by atoms with Gasteiger partial charge in [0, 0.05) is 35.5 Å². The van der Waals surface area contributed by atoms with Crippen molar-refractivity contribution in [1.82, 2.24) is 19.8 Å². The van der Waals surface area contributed by atoms with Gasteiger partial charge in [-0.25, -0.2) is 18.4 Å². The first kappa shape index (κ1) is 38.7. The highest BCUT2D eigenvalue weighted by Crippen LogP contribution is 2.47. The van der Waals surface area contributed by atoms with Crippen molar-refractivity contribution in [3.8, 4) is 23.2 Å². The van der Waals surface area contributed by atoms with Gasteiger partial charge < -0.3 is 24.0 Å². The molecular weight excluding hydrogens is 752 g/mol. The summed E-state index contributed by atoms with van der Waals surface area (Å²) in [6.07, 6.45) is 2.32. The molecule has 7 rings (SSSR count). The number of halogens is 3. The maximum Gasteiger partial charge on any atom is 0.412 e. The molecule has 0 saturated carbocycles. The van der Waals surface area contributed by atoms with Crippen LogP contribution in [0.1, 0.15) is 72.8 Å². The molecule has 3 saturated heterocycles. The number of ether oxygens (including phenoxy) is 3. The molecule has 4 aromatic rings. The second-order valence-corrected chi connectivity index (χ2v) is 17.8. The lowest BCUT2D eigenvalue weighted by molar-refractivity contribution is 0.0122. The molecule has 5 heterocycles. The lowest BCUT2D eigenvalue weighted by Gasteiger charge is -2.42. The largest absolute Gasteiger partial charge is 0.462 e. The van der Waals surface area contributed by atoms with Crippen LogP contribution >= 0.6 is 22.9 Å². The SMILES string of the molecule is CN1CCC[C@H]1COc1nc(N2CC3CCC(C2)N3C(=O)OC(C)(C)C)c2cc(Cl)c(-c3ccc(F)c4sc(NC(=O)OC(C)(C)C)c(C#N)c34)c(F)c2n1. The van der Waals surface area contributed by atoms with Gasteiger partial charge >= 0.3 is 18.2 Å². The van der Waals surface area contributed by atoms with Gasteiger partial charge in [-0.2, -0.15) is 15.2 Å². The molecule has 1 N–H and O–H groups in total. The number of benzene rings is 2. The van der Waals surface area contributed by atoms with E-state index in [4.69, 9.17) is 30.8 Å². The van der Waals surface area contributed by atoms with E-state index in [1.165, 1.54) is 12.1 Å². The van der Waals surface area contributed by atoms with Crippen LogP contribution < -0.4 is 15.0 Å². The Morgan fingerprint density at radius 1 is 1.05 bits per heavy atom. The van der Waals surface area contributed by atoms with Gasteiger partial charge in [0.05, 0.1) is 27.4 Å². The topological polar surface area (TPSA) is 133 Å². The number of amides is 2. The van der Waals surface area contributed by atoms with Crippen molar-refractivity contribution in [2.45, 2.75) is 96.6 Å². The van der Waals surface area contributed by atoms with Crippen LogP contribution in [0.4, 0.5) is 29.2 Å². The number of anilines is 2. The average molecular weight is 796 g/mol. The molecule has 16 heteroatoms. The zero-order valence-corrected chi connectivity index (χ0v) is 33.5. The molecule has 0 aliphatic carbocycles. The molecule has 0 radical (unpaired) electrons. The van der Waals surface area contributed by atoms with Crippen molar-refractivity contribution in [3.63, 3.8) is 0 Å². The molecule has 2 aromatic heterocycles. The number of thiophene rings is 1. The lowest BCUT2D eigenvalue weighted by Crippen LogP contribution is -2.57. The fourth-order valence-corrected chi connectivity index (χ4v) is 9.09. The first-order chi connectivity index (χ1) is 25.9. The molecule has 12 nitrogen and oxygen atoms in total. The zero-order valence-electron chi connectivity index (χ0n) is 31.9. The molecule has 2 aromatic carbocycles. The molecule has 3 atom stereocenters. The lowest BCUT2D eigenvalue weighted by atomic mass is 9.97. The van der Waals surface area contributed by atoms with Gasteiger partial charge in [0.25, 0.3) is 0 Å². The average Bonchev–Trinajstić information content (AvgIpc) is 3.75. The number of nitrogens with one attached hydrogen (secondary N) is 1. The van der Waals surface area contributed by atoms with Gasteiger partial charge in [-0.05, 0) is 98.5 Å². The number of nitrogens with zero attached hydrogens (tertiary/aromatic N) is 6. The molecule has 2 unspecified atom stereocenters. The molecule has 292 valence electrons. The van der Waals surface area contributed by atoms with Crippen LogP contribution in [0.25, 0.3) is 32.1 Å². The number of likely N-dealkylation sites (tertiary alicyclic amines) is 1. The van der Waals surface area contributed by atoms with Crippen molar-refractivity contribution >= 4 is 66.9 Å². The molecule has 3 fully saturated rings. The summed E-state index contributed by atoms with van der Waals surface area (Å²) >= 11 is 7.81. The van der Waals surface area contributed by atoms with E-state index in [0.717, 1.165) is 43.6 Å². The van der Waals surface area contributed by atoms with E-state index in [1.807, 2.05) is 37.6 Å². The van der Waals surface area contributed by atoms with Crippen LogP contribution in [-0.4, -0.2) is 94.6 Å². The van der Waals surface area contributed by atoms with Crippen LogP contribution in [0.3, 0.4) is 0 Å². The number of aromatic nitrogens is 2. The molecule has 0 spiro atoms. The minimum Gasteiger partial charge on any atom is -0.462 e. The molecule has 55 heavy (non-hydrogen) atoms. The van der Waals surface area contributed by atoms with E-state index in [-0.39, 0.29) is 72.5 Å². The number of piperazine rings is 1. The molecule has 3 aliphatic rings. The normalized spacial score (nSPS) is 20.3. The second-order valence-electron chi connectivity index (χ2n) is 16.4. The number of carbonyl (C=O) groups is 2. The van der Waals surface area contributed by atoms with Crippen LogP contribution in [0, 0.1) is 23.0 Å². The predicted octanol–water partition coefficient (Wildman–Crippen LogP) is 8.72. The van der Waals surface area contributed by atoms with Crippen molar-refractivity contribution in [3.05, 3.63) is 40.4 Å². The van der Waals surface area contributed by atoms with Crippen LogP contribution in [0.15, 0.2) is 18.2 Å². The van der Waals surface area contributed by atoms with Gasteiger partial charge in [-0.3, -0.25) is 10.2 Å². The first-order valence-corrected chi connectivity index (χ1v) is 19.6. The van der Waals surface area contributed by atoms with E-state index in [9.17, 15) is 14.9 Å². The van der Waals surface area contributed by atoms with Crippen molar-refractivity contribution in [2.24, 2.45) is 0 Å². The maximum absolute atomic E-state index is 17.3. The number of hydrogen-bond acceptors (Lipinski definition) is 11. The predicted molar refractivity (Wildman–Crippen MR) is 208 cm³/mol. The van der Waals surface area contributed by atoms with Crippen LogP contribution in [0.5, 0.6) is 6.01 Å². The second kappa shape index (κ2) is 14.5. The minimum atomic E-state index is -0.826. The summed E-state index contributed by atoms with van der Waals surface area (Å²) in [7, 11) is 2.03. The quantitative estimate of drug-likeness (QED) is 0.202. The number of fused-ring (bicyclic) bond motifs is 4.